The molecule has 0 aliphatic rings. The third-order valence-electron chi connectivity index (χ3n) is 0.154. The van der Waals surface area contributed by atoms with E-state index in [9.17, 15) is 0 Å². The fourth-order valence-corrected chi connectivity index (χ4v) is 7.09. The van der Waals surface area contributed by atoms with Crippen LogP contribution in [0.2, 0.25) is 0 Å². The molecule has 0 N–H and O–H groups in total. The van der Waals surface area contributed by atoms with Gasteiger partial charge in [0.1, 0.15) is 0 Å². The quantitative estimate of drug-likeness (QED) is 0.476. The van der Waals surface area contributed by atoms with Gasteiger partial charge in [0.05, 0.1) is 0 Å². The van der Waals surface area contributed by atoms with Gasteiger partial charge in [0.25, 0.3) is 0 Å². The molecule has 5 heavy (non-hydrogen) atoms. The Balaban J connectivity index is 2.19. The van der Waals surface area contributed by atoms with Crippen LogP contribution in [0.4, 0.5) is 0 Å². The van der Waals surface area contributed by atoms with Crippen LogP contribution in [-0.2, 0) is 4.12 Å². The monoisotopic (exact) mass is 234 g/mol. The SMILES string of the molecule is Br[SiH2]O[SiH2]Br. The summed E-state index contributed by atoms with van der Waals surface area (Å²) in [5.74, 6) is 0. The van der Waals surface area contributed by atoms with Gasteiger partial charge >= 0.3 is 0 Å². The molecule has 0 aromatic carbocycles. The Morgan fingerprint density at radius 1 is 1.20 bits per heavy atom. The normalized spacial score (nSPS) is 13.2. The zero-order valence-electron chi connectivity index (χ0n) is 2.58. The first-order chi connectivity index (χ1) is 2.41. The van der Waals surface area contributed by atoms with E-state index in [0.717, 1.165) is 0 Å². The van der Waals surface area contributed by atoms with E-state index >= 15 is 0 Å². The summed E-state index contributed by atoms with van der Waals surface area (Å²) in [5, 5.41) is 0. The first-order valence-electron chi connectivity index (χ1n) is 1.11. The molecular weight excluding hydrogens is 232 g/mol. The van der Waals surface area contributed by atoms with E-state index in [-0.39, 0.29) is 16.8 Å². The van der Waals surface area contributed by atoms with Crippen molar-refractivity contribution in [3.05, 3.63) is 0 Å². The average Bonchev–Trinajstić information content (AvgIpc) is 1.41. The van der Waals surface area contributed by atoms with Crippen molar-refractivity contribution in [3.63, 3.8) is 0 Å². The largest absolute Gasteiger partial charge is 0.448 e. The Kier molecular flexibility index (Phi) is 6.80. The van der Waals surface area contributed by atoms with Crippen LogP contribution in [0.15, 0.2) is 0 Å². The first kappa shape index (κ1) is 6.35. The molecule has 0 spiro atoms. The zero-order valence-corrected chi connectivity index (χ0v) is 8.58. The van der Waals surface area contributed by atoms with E-state index in [1.165, 1.54) is 0 Å². The molecule has 0 aliphatic carbocycles. The topological polar surface area (TPSA) is 9.23 Å². The third kappa shape index (κ3) is 5.35. The average molecular weight is 236 g/mol. The van der Waals surface area contributed by atoms with Crippen LogP contribution in [0.25, 0.3) is 0 Å². The predicted octanol–water partition coefficient (Wildman–Crippen LogP) is -0.210. The maximum Gasteiger partial charge on any atom is 0.221 e. The molecule has 0 amide bonds. The minimum absolute atomic E-state index is 0.259. The highest BCUT2D eigenvalue weighted by molar-refractivity contribution is 9.24. The van der Waals surface area contributed by atoms with Gasteiger partial charge in [0.2, 0.25) is 16.8 Å². The maximum absolute atomic E-state index is 4.94. The lowest BCUT2D eigenvalue weighted by Crippen LogP contribution is -1.86. The molecule has 0 aromatic heterocycles. The molecule has 0 unspecified atom stereocenters. The molecular formula is H4Br2OSi2. The molecule has 0 saturated carbocycles. The Morgan fingerprint density at radius 3 is 1.60 bits per heavy atom. The van der Waals surface area contributed by atoms with Crippen molar-refractivity contribution in [3.8, 4) is 0 Å². The molecule has 0 heterocycles. The van der Waals surface area contributed by atoms with Gasteiger partial charge in [-0.15, -0.1) is 0 Å². The van der Waals surface area contributed by atoms with Gasteiger partial charge in [-0.05, 0) is 0 Å². The highest BCUT2D eigenvalue weighted by Gasteiger charge is 1.71. The van der Waals surface area contributed by atoms with Gasteiger partial charge in [0.15, 0.2) is 0 Å². The second-order valence-corrected chi connectivity index (χ2v) is 5.24. The number of halogens is 2. The first-order valence-corrected chi connectivity index (χ1v) is 10.1. The van der Waals surface area contributed by atoms with Gasteiger partial charge in [-0.1, -0.05) is 30.6 Å². The van der Waals surface area contributed by atoms with E-state index in [1.807, 2.05) is 0 Å². The van der Waals surface area contributed by atoms with Gasteiger partial charge in [0, 0.05) is 0 Å². The molecule has 0 aromatic rings. The van der Waals surface area contributed by atoms with Crippen molar-refractivity contribution in [1.82, 2.24) is 0 Å². The van der Waals surface area contributed by atoms with Gasteiger partial charge < -0.3 is 4.12 Å². The fraction of sp³-hybridized carbons (Fsp3) is 0. The maximum atomic E-state index is 4.94. The van der Waals surface area contributed by atoms with E-state index < -0.39 is 0 Å². The van der Waals surface area contributed by atoms with Crippen molar-refractivity contribution < 1.29 is 4.12 Å². The molecule has 0 atom stereocenters. The predicted molar refractivity (Wildman–Crippen MR) is 36.0 cm³/mol. The second kappa shape index (κ2) is 5.35. The van der Waals surface area contributed by atoms with Crippen molar-refractivity contribution in [2.75, 3.05) is 0 Å². The summed E-state index contributed by atoms with van der Waals surface area (Å²) in [6, 6.07) is 0. The highest BCUT2D eigenvalue weighted by Crippen LogP contribution is 1.78. The van der Waals surface area contributed by atoms with Crippen molar-refractivity contribution >= 4 is 47.3 Å². The van der Waals surface area contributed by atoms with E-state index in [1.54, 1.807) is 0 Å². The van der Waals surface area contributed by atoms with E-state index in [0.29, 0.717) is 0 Å². The minimum atomic E-state index is -0.259. The van der Waals surface area contributed by atoms with Crippen LogP contribution in [0, 0.1) is 0 Å². The fourth-order valence-electron chi connectivity index (χ4n) is 0.0292. The lowest BCUT2D eigenvalue weighted by Gasteiger charge is -1.82. The Bertz CT molecular complexity index is 15.1. The van der Waals surface area contributed by atoms with Crippen molar-refractivity contribution in [2.45, 2.75) is 0 Å². The summed E-state index contributed by atoms with van der Waals surface area (Å²) in [6.45, 7) is 0. The number of hydrogen-bond acceptors (Lipinski definition) is 1. The molecule has 0 rings (SSSR count). The summed E-state index contributed by atoms with van der Waals surface area (Å²) in [7, 11) is -0.517. The molecule has 0 saturated heterocycles. The van der Waals surface area contributed by atoms with Crippen LogP contribution < -0.4 is 0 Å². The molecule has 5 heteroatoms. The lowest BCUT2D eigenvalue weighted by molar-refractivity contribution is 0.681. The van der Waals surface area contributed by atoms with Crippen LogP contribution in [0.1, 0.15) is 0 Å². The summed E-state index contributed by atoms with van der Waals surface area (Å²) in [5.41, 5.74) is 0. The molecule has 1 nitrogen and oxygen atoms in total. The Morgan fingerprint density at radius 2 is 1.60 bits per heavy atom. The van der Waals surface area contributed by atoms with Crippen LogP contribution in [0.3, 0.4) is 0 Å². The van der Waals surface area contributed by atoms with Crippen LogP contribution >= 0.6 is 30.6 Å². The molecule has 0 fully saturated rings. The highest BCUT2D eigenvalue weighted by atomic mass is 79.9. The smallest absolute Gasteiger partial charge is 0.221 e. The minimum Gasteiger partial charge on any atom is -0.448 e. The van der Waals surface area contributed by atoms with E-state index in [4.69, 9.17) is 4.12 Å². The van der Waals surface area contributed by atoms with Gasteiger partial charge in [-0.25, -0.2) is 0 Å². The van der Waals surface area contributed by atoms with Crippen LogP contribution in [-0.4, -0.2) is 16.8 Å². The molecule has 32 valence electrons. The number of rotatable bonds is 2. The Labute approximate surface area is 51.5 Å². The summed E-state index contributed by atoms with van der Waals surface area (Å²) in [4.78, 5) is 0. The summed E-state index contributed by atoms with van der Waals surface area (Å²) >= 11 is 6.46. The molecule has 0 aliphatic heterocycles. The standard InChI is InChI=1S/Br2H4OSi2/c1-4-3-5-2/h4-5H2. The molecule has 0 bridgehead atoms. The summed E-state index contributed by atoms with van der Waals surface area (Å²) in [6.07, 6.45) is 0. The van der Waals surface area contributed by atoms with Gasteiger partial charge in [-0.3, -0.25) is 0 Å². The van der Waals surface area contributed by atoms with Crippen molar-refractivity contribution in [1.29, 1.82) is 0 Å². The molecule has 0 radical (unpaired) electrons. The summed E-state index contributed by atoms with van der Waals surface area (Å²) < 4.78 is 4.94. The van der Waals surface area contributed by atoms with Crippen molar-refractivity contribution in [2.24, 2.45) is 0 Å². The Hall–Kier alpha value is 1.35. The zero-order chi connectivity index (χ0) is 4.12. The third-order valence-corrected chi connectivity index (χ3v) is 7.22. The second-order valence-electron chi connectivity index (χ2n) is 0.422. The van der Waals surface area contributed by atoms with Crippen LogP contribution in [0.5, 0.6) is 0 Å². The van der Waals surface area contributed by atoms with Gasteiger partial charge in [-0.2, -0.15) is 0 Å². The lowest BCUT2D eigenvalue weighted by atomic mass is 15.8. The number of hydrogen-bond donors (Lipinski definition) is 0. The van der Waals surface area contributed by atoms with E-state index in [2.05, 4.69) is 30.6 Å².